The molecule has 0 N–H and O–H groups in total. The van der Waals surface area contributed by atoms with E-state index in [1.54, 1.807) is 13.3 Å². The quantitative estimate of drug-likeness (QED) is 0.766. The van der Waals surface area contributed by atoms with Gasteiger partial charge in [0.05, 0.1) is 7.11 Å². The zero-order valence-electron chi connectivity index (χ0n) is 9.43. The number of hydrogen-bond donors (Lipinski definition) is 0. The largest absolute Gasteiger partial charge is 0.494 e. The Labute approximate surface area is 106 Å². The van der Waals surface area contributed by atoms with Crippen molar-refractivity contribution in [1.82, 2.24) is 4.98 Å². The maximum atomic E-state index is 6.09. The first-order chi connectivity index (χ1) is 8.31. The van der Waals surface area contributed by atoms with Gasteiger partial charge >= 0.3 is 0 Å². The van der Waals surface area contributed by atoms with E-state index in [1.165, 1.54) is 0 Å². The van der Waals surface area contributed by atoms with Crippen LogP contribution in [-0.2, 0) is 4.74 Å². The average Bonchev–Trinajstić information content (AvgIpc) is 2.39. The predicted octanol–water partition coefficient (Wildman–Crippen LogP) is 3.88. The van der Waals surface area contributed by atoms with Crippen LogP contribution in [-0.4, -0.2) is 12.1 Å². The van der Waals surface area contributed by atoms with Crippen molar-refractivity contribution >= 4 is 23.4 Å². The molecule has 0 aliphatic heterocycles. The Morgan fingerprint density at radius 1 is 1.18 bits per heavy atom. The fourth-order valence-electron chi connectivity index (χ4n) is 1.48. The van der Waals surface area contributed by atoms with Crippen LogP contribution in [0.1, 0.15) is 11.3 Å². The highest BCUT2D eigenvalue weighted by molar-refractivity contribution is 6.32. The van der Waals surface area contributed by atoms with Gasteiger partial charge in [-0.15, -0.1) is 0 Å². The number of nitrogens with zero attached hydrogens (tertiary/aromatic N) is 1. The van der Waals surface area contributed by atoms with Crippen molar-refractivity contribution in [3.05, 3.63) is 64.9 Å². The van der Waals surface area contributed by atoms with Gasteiger partial charge in [0.25, 0.3) is 0 Å². The van der Waals surface area contributed by atoms with Crippen LogP contribution in [0.2, 0.25) is 5.02 Å². The van der Waals surface area contributed by atoms with Gasteiger partial charge in [0.15, 0.2) is 0 Å². The summed E-state index contributed by atoms with van der Waals surface area (Å²) < 4.78 is 5.34. The highest BCUT2D eigenvalue weighted by atomic mass is 35.5. The predicted molar refractivity (Wildman–Crippen MR) is 70.6 cm³/mol. The summed E-state index contributed by atoms with van der Waals surface area (Å²) in [5, 5.41) is 0.693. The molecule has 1 heterocycles. The van der Waals surface area contributed by atoms with E-state index in [1.807, 2.05) is 48.5 Å². The van der Waals surface area contributed by atoms with Crippen molar-refractivity contribution in [2.75, 3.05) is 7.11 Å². The lowest BCUT2D eigenvalue weighted by atomic mass is 10.1. The van der Waals surface area contributed by atoms with E-state index in [2.05, 4.69) is 4.98 Å². The molecule has 2 aromatic rings. The summed E-state index contributed by atoms with van der Waals surface area (Å²) in [6, 6.07) is 13.3. The van der Waals surface area contributed by atoms with E-state index in [0.29, 0.717) is 10.8 Å². The molecule has 86 valence electrons. The third-order valence-corrected chi connectivity index (χ3v) is 2.67. The molecule has 0 aliphatic rings. The molecule has 0 spiro atoms. The third kappa shape index (κ3) is 2.86. The topological polar surface area (TPSA) is 22.1 Å². The second kappa shape index (κ2) is 5.51. The molecule has 0 saturated carbocycles. The Hall–Kier alpha value is -1.80. The number of methoxy groups -OCH3 is 1. The molecule has 3 heteroatoms. The van der Waals surface area contributed by atoms with Crippen LogP contribution in [0.25, 0.3) is 11.8 Å². The first-order valence-corrected chi connectivity index (χ1v) is 5.60. The minimum atomic E-state index is 0.693. The van der Waals surface area contributed by atoms with Gasteiger partial charge in [-0.3, -0.25) is 4.98 Å². The van der Waals surface area contributed by atoms with Gasteiger partial charge in [-0.2, -0.15) is 0 Å². The van der Waals surface area contributed by atoms with Crippen molar-refractivity contribution < 1.29 is 4.74 Å². The lowest BCUT2D eigenvalue weighted by Gasteiger charge is -2.06. The number of rotatable bonds is 3. The molecular weight excluding hydrogens is 234 g/mol. The minimum absolute atomic E-state index is 0.693. The highest BCUT2D eigenvalue weighted by Gasteiger charge is 2.03. The van der Waals surface area contributed by atoms with Crippen molar-refractivity contribution in [3.63, 3.8) is 0 Å². The summed E-state index contributed by atoms with van der Waals surface area (Å²) in [4.78, 5) is 4.24. The van der Waals surface area contributed by atoms with Crippen LogP contribution in [0.4, 0.5) is 0 Å². The standard InChI is InChI=1S/C14H12ClNO/c1-17-14(13-8-4-5-9-16-13)10-11-6-2-3-7-12(11)15/h2-10H,1H3/b14-10+. The van der Waals surface area contributed by atoms with Crippen molar-refractivity contribution in [2.24, 2.45) is 0 Å². The Morgan fingerprint density at radius 2 is 1.94 bits per heavy atom. The zero-order chi connectivity index (χ0) is 12.1. The van der Waals surface area contributed by atoms with E-state index in [-0.39, 0.29) is 0 Å². The second-order valence-electron chi connectivity index (χ2n) is 3.45. The van der Waals surface area contributed by atoms with Crippen molar-refractivity contribution in [2.45, 2.75) is 0 Å². The summed E-state index contributed by atoms with van der Waals surface area (Å²) in [6.07, 6.45) is 3.61. The van der Waals surface area contributed by atoms with Gasteiger partial charge in [-0.25, -0.2) is 0 Å². The van der Waals surface area contributed by atoms with Crippen molar-refractivity contribution in [1.29, 1.82) is 0 Å². The summed E-state index contributed by atoms with van der Waals surface area (Å²) in [7, 11) is 1.62. The molecule has 0 saturated heterocycles. The van der Waals surface area contributed by atoms with E-state index in [4.69, 9.17) is 16.3 Å². The van der Waals surface area contributed by atoms with Crippen molar-refractivity contribution in [3.8, 4) is 0 Å². The Bertz CT molecular complexity index is 523. The Kier molecular flexibility index (Phi) is 3.78. The van der Waals surface area contributed by atoms with Gasteiger partial charge in [-0.05, 0) is 29.8 Å². The number of benzene rings is 1. The normalized spacial score (nSPS) is 11.3. The fraction of sp³-hybridized carbons (Fsp3) is 0.0714. The lowest BCUT2D eigenvalue weighted by Crippen LogP contribution is -1.90. The molecule has 0 aliphatic carbocycles. The molecule has 0 amide bonds. The highest BCUT2D eigenvalue weighted by Crippen LogP contribution is 2.22. The third-order valence-electron chi connectivity index (χ3n) is 2.33. The molecule has 0 radical (unpaired) electrons. The van der Waals surface area contributed by atoms with E-state index in [9.17, 15) is 0 Å². The first-order valence-electron chi connectivity index (χ1n) is 5.23. The van der Waals surface area contributed by atoms with Crippen LogP contribution in [0, 0.1) is 0 Å². The van der Waals surface area contributed by atoms with Crippen LogP contribution in [0.3, 0.4) is 0 Å². The molecule has 2 nitrogen and oxygen atoms in total. The maximum absolute atomic E-state index is 6.09. The molecular formula is C14H12ClNO. The van der Waals surface area contributed by atoms with Gasteiger partial charge < -0.3 is 4.74 Å². The summed E-state index contributed by atoms with van der Waals surface area (Å²) in [5.74, 6) is 0.693. The van der Waals surface area contributed by atoms with Crippen LogP contribution >= 0.6 is 11.6 Å². The molecule has 17 heavy (non-hydrogen) atoms. The molecule has 1 aromatic carbocycles. The summed E-state index contributed by atoms with van der Waals surface area (Å²) >= 11 is 6.09. The monoisotopic (exact) mass is 245 g/mol. The Morgan fingerprint density at radius 3 is 2.59 bits per heavy atom. The summed E-state index contributed by atoms with van der Waals surface area (Å²) in [5.41, 5.74) is 1.70. The fourth-order valence-corrected chi connectivity index (χ4v) is 1.67. The van der Waals surface area contributed by atoms with Gasteiger partial charge in [0, 0.05) is 11.2 Å². The summed E-state index contributed by atoms with van der Waals surface area (Å²) in [6.45, 7) is 0. The number of ether oxygens (including phenoxy) is 1. The molecule has 0 atom stereocenters. The lowest BCUT2D eigenvalue weighted by molar-refractivity contribution is 0.371. The van der Waals surface area contributed by atoms with E-state index < -0.39 is 0 Å². The van der Waals surface area contributed by atoms with Gasteiger partial charge in [-0.1, -0.05) is 35.9 Å². The zero-order valence-corrected chi connectivity index (χ0v) is 10.2. The van der Waals surface area contributed by atoms with E-state index >= 15 is 0 Å². The first kappa shape index (κ1) is 11.7. The van der Waals surface area contributed by atoms with Crippen LogP contribution in [0.15, 0.2) is 48.7 Å². The SMILES string of the molecule is CO/C(=C/c1ccccc1Cl)c1ccccn1. The smallest absolute Gasteiger partial charge is 0.145 e. The average molecular weight is 246 g/mol. The second-order valence-corrected chi connectivity index (χ2v) is 3.86. The van der Waals surface area contributed by atoms with E-state index in [0.717, 1.165) is 11.3 Å². The molecule has 0 bridgehead atoms. The molecule has 1 aromatic heterocycles. The molecule has 2 rings (SSSR count). The number of halogens is 1. The Balaban J connectivity index is 2.40. The minimum Gasteiger partial charge on any atom is -0.494 e. The van der Waals surface area contributed by atoms with Gasteiger partial charge in [0.1, 0.15) is 11.5 Å². The van der Waals surface area contributed by atoms with Gasteiger partial charge in [0.2, 0.25) is 0 Å². The molecule has 0 fully saturated rings. The maximum Gasteiger partial charge on any atom is 0.145 e. The van der Waals surface area contributed by atoms with Crippen LogP contribution < -0.4 is 0 Å². The number of pyridine rings is 1. The number of hydrogen-bond acceptors (Lipinski definition) is 2. The molecule has 0 unspecified atom stereocenters. The van der Waals surface area contributed by atoms with Crippen LogP contribution in [0.5, 0.6) is 0 Å². The number of aromatic nitrogens is 1.